The summed E-state index contributed by atoms with van der Waals surface area (Å²) in [5.41, 5.74) is 3.41. The van der Waals surface area contributed by atoms with Crippen molar-refractivity contribution in [3.63, 3.8) is 0 Å². The molecule has 23 heavy (non-hydrogen) atoms. The fourth-order valence-electron chi connectivity index (χ4n) is 2.62. The van der Waals surface area contributed by atoms with Gasteiger partial charge in [-0.15, -0.1) is 0 Å². The van der Waals surface area contributed by atoms with E-state index in [1.807, 2.05) is 18.3 Å². The third-order valence-electron chi connectivity index (χ3n) is 4.11. The van der Waals surface area contributed by atoms with Gasteiger partial charge in [-0.1, -0.05) is 24.3 Å². The van der Waals surface area contributed by atoms with E-state index >= 15 is 0 Å². The number of nitrogens with one attached hydrogen (secondary N) is 1. The van der Waals surface area contributed by atoms with Crippen LogP contribution in [0.25, 0.3) is 11.1 Å². The zero-order valence-corrected chi connectivity index (χ0v) is 13.6. The summed E-state index contributed by atoms with van der Waals surface area (Å²) in [6, 6.07) is 12.4. The summed E-state index contributed by atoms with van der Waals surface area (Å²) in [5.74, 6) is 1.09. The average Bonchev–Trinajstić information content (AvgIpc) is 3.40. The molecule has 1 aliphatic carbocycles. The Kier molecular flexibility index (Phi) is 4.60. The van der Waals surface area contributed by atoms with Crippen LogP contribution in [-0.4, -0.2) is 24.0 Å². The molecule has 1 unspecified atom stereocenters. The second kappa shape index (κ2) is 6.82. The van der Waals surface area contributed by atoms with E-state index in [2.05, 4.69) is 41.5 Å². The molecule has 4 nitrogen and oxygen atoms in total. The van der Waals surface area contributed by atoms with Crippen molar-refractivity contribution in [1.29, 1.82) is 0 Å². The van der Waals surface area contributed by atoms with Crippen LogP contribution in [0.1, 0.15) is 25.3 Å². The van der Waals surface area contributed by atoms with Gasteiger partial charge in [-0.05, 0) is 43.4 Å². The Morgan fingerprint density at radius 2 is 1.91 bits per heavy atom. The van der Waals surface area contributed by atoms with Gasteiger partial charge in [0.2, 0.25) is 11.8 Å². The van der Waals surface area contributed by atoms with Gasteiger partial charge >= 0.3 is 0 Å². The minimum atomic E-state index is 0.164. The maximum Gasteiger partial charge on any atom is 0.223 e. The van der Waals surface area contributed by atoms with E-state index in [0.717, 1.165) is 30.4 Å². The number of pyridine rings is 1. The van der Waals surface area contributed by atoms with Gasteiger partial charge in [0.1, 0.15) is 0 Å². The minimum Gasteiger partial charge on any atom is -0.481 e. The van der Waals surface area contributed by atoms with Crippen molar-refractivity contribution in [2.75, 3.05) is 7.11 Å². The first-order valence-electron chi connectivity index (χ1n) is 8.05. The number of ether oxygens (including phenoxy) is 1. The Balaban J connectivity index is 1.60. The molecule has 1 N–H and O–H groups in total. The zero-order chi connectivity index (χ0) is 16.2. The van der Waals surface area contributed by atoms with Crippen LogP contribution in [0.5, 0.6) is 5.88 Å². The SMILES string of the molecule is COc1ccc(-c2ccc(CC(C)NC(=O)C3CC3)cc2)cn1. The van der Waals surface area contributed by atoms with Crippen LogP contribution in [0.15, 0.2) is 42.6 Å². The first kappa shape index (κ1) is 15.5. The summed E-state index contributed by atoms with van der Waals surface area (Å²) >= 11 is 0. The summed E-state index contributed by atoms with van der Waals surface area (Å²) in [4.78, 5) is 16.0. The summed E-state index contributed by atoms with van der Waals surface area (Å²) < 4.78 is 5.08. The molecule has 0 aliphatic heterocycles. The number of carbonyl (C=O) groups is 1. The van der Waals surface area contributed by atoms with E-state index in [-0.39, 0.29) is 17.9 Å². The van der Waals surface area contributed by atoms with E-state index in [1.165, 1.54) is 5.56 Å². The topological polar surface area (TPSA) is 51.2 Å². The molecule has 1 aliphatic rings. The molecular weight excluding hydrogens is 288 g/mol. The average molecular weight is 310 g/mol. The van der Waals surface area contributed by atoms with Crippen molar-refractivity contribution in [3.8, 4) is 17.0 Å². The fraction of sp³-hybridized carbons (Fsp3) is 0.368. The molecule has 1 saturated carbocycles. The molecule has 0 radical (unpaired) electrons. The summed E-state index contributed by atoms with van der Waals surface area (Å²) in [7, 11) is 1.61. The molecule has 2 aromatic rings. The highest BCUT2D eigenvalue weighted by molar-refractivity contribution is 5.81. The van der Waals surface area contributed by atoms with Crippen molar-refractivity contribution in [1.82, 2.24) is 10.3 Å². The molecule has 1 atom stereocenters. The van der Waals surface area contributed by atoms with Gasteiger partial charge in [-0.25, -0.2) is 4.98 Å². The van der Waals surface area contributed by atoms with Crippen LogP contribution in [0.2, 0.25) is 0 Å². The second-order valence-electron chi connectivity index (χ2n) is 6.17. The van der Waals surface area contributed by atoms with Crippen LogP contribution in [0, 0.1) is 5.92 Å². The largest absolute Gasteiger partial charge is 0.481 e. The number of hydrogen-bond acceptors (Lipinski definition) is 3. The molecule has 0 saturated heterocycles. The maximum atomic E-state index is 11.8. The third kappa shape index (κ3) is 4.09. The van der Waals surface area contributed by atoms with Gasteiger partial charge in [0.25, 0.3) is 0 Å². The van der Waals surface area contributed by atoms with Crippen molar-refractivity contribution in [2.45, 2.75) is 32.2 Å². The molecular formula is C19H22N2O2. The lowest BCUT2D eigenvalue weighted by molar-refractivity contribution is -0.122. The van der Waals surface area contributed by atoms with Crippen molar-refractivity contribution < 1.29 is 9.53 Å². The highest BCUT2D eigenvalue weighted by Crippen LogP contribution is 2.29. The molecule has 1 aromatic heterocycles. The summed E-state index contributed by atoms with van der Waals surface area (Å²) in [6.45, 7) is 2.06. The number of amides is 1. The van der Waals surface area contributed by atoms with E-state index in [0.29, 0.717) is 5.88 Å². The van der Waals surface area contributed by atoms with Crippen molar-refractivity contribution >= 4 is 5.91 Å². The first-order chi connectivity index (χ1) is 11.2. The molecule has 4 heteroatoms. The van der Waals surface area contributed by atoms with E-state index in [1.54, 1.807) is 7.11 Å². The van der Waals surface area contributed by atoms with Gasteiger partial charge in [-0.3, -0.25) is 4.79 Å². The number of hydrogen-bond donors (Lipinski definition) is 1. The molecule has 0 spiro atoms. The smallest absolute Gasteiger partial charge is 0.223 e. The number of nitrogens with zero attached hydrogens (tertiary/aromatic N) is 1. The predicted octanol–water partition coefficient (Wildman–Crippen LogP) is 3.21. The lowest BCUT2D eigenvalue weighted by Gasteiger charge is -2.14. The van der Waals surface area contributed by atoms with Gasteiger partial charge in [-0.2, -0.15) is 0 Å². The predicted molar refractivity (Wildman–Crippen MR) is 90.3 cm³/mol. The van der Waals surface area contributed by atoms with Gasteiger partial charge < -0.3 is 10.1 Å². The first-order valence-corrected chi connectivity index (χ1v) is 8.05. The molecule has 1 heterocycles. The monoisotopic (exact) mass is 310 g/mol. The lowest BCUT2D eigenvalue weighted by atomic mass is 10.0. The number of rotatable bonds is 6. The third-order valence-corrected chi connectivity index (χ3v) is 4.11. The van der Waals surface area contributed by atoms with Gasteiger partial charge in [0.05, 0.1) is 7.11 Å². The molecule has 0 bridgehead atoms. The van der Waals surface area contributed by atoms with E-state index < -0.39 is 0 Å². The standard InChI is InChI=1S/C19H22N2O2/c1-13(21-19(22)16-7-8-16)11-14-3-5-15(6-4-14)17-9-10-18(23-2)20-12-17/h3-6,9-10,12-13,16H,7-8,11H2,1-2H3,(H,21,22). The Labute approximate surface area is 136 Å². The summed E-state index contributed by atoms with van der Waals surface area (Å²) in [6.07, 6.45) is 4.75. The summed E-state index contributed by atoms with van der Waals surface area (Å²) in [5, 5.41) is 3.09. The van der Waals surface area contributed by atoms with Gasteiger partial charge in [0.15, 0.2) is 0 Å². The van der Waals surface area contributed by atoms with E-state index in [4.69, 9.17) is 4.74 Å². The Morgan fingerprint density at radius 1 is 1.22 bits per heavy atom. The molecule has 1 aromatic carbocycles. The number of methoxy groups -OCH3 is 1. The minimum absolute atomic E-state index is 0.164. The molecule has 120 valence electrons. The highest BCUT2D eigenvalue weighted by Gasteiger charge is 2.30. The van der Waals surface area contributed by atoms with Gasteiger partial charge in [0, 0.05) is 29.8 Å². The maximum absolute atomic E-state index is 11.8. The second-order valence-corrected chi connectivity index (χ2v) is 6.17. The van der Waals surface area contributed by atoms with Crippen LogP contribution in [-0.2, 0) is 11.2 Å². The van der Waals surface area contributed by atoms with Crippen molar-refractivity contribution in [2.24, 2.45) is 5.92 Å². The number of carbonyl (C=O) groups excluding carboxylic acids is 1. The van der Waals surface area contributed by atoms with Crippen LogP contribution >= 0.6 is 0 Å². The fourth-order valence-corrected chi connectivity index (χ4v) is 2.62. The quantitative estimate of drug-likeness (QED) is 0.891. The van der Waals surface area contributed by atoms with Crippen LogP contribution in [0.3, 0.4) is 0 Å². The van der Waals surface area contributed by atoms with Crippen LogP contribution in [0.4, 0.5) is 0 Å². The normalized spacial score (nSPS) is 15.0. The Bertz CT molecular complexity index is 661. The zero-order valence-electron chi connectivity index (χ0n) is 13.6. The Morgan fingerprint density at radius 3 is 2.48 bits per heavy atom. The molecule has 1 fully saturated rings. The van der Waals surface area contributed by atoms with E-state index in [9.17, 15) is 4.79 Å². The van der Waals surface area contributed by atoms with Crippen molar-refractivity contribution in [3.05, 3.63) is 48.2 Å². The molecule has 1 amide bonds. The Hall–Kier alpha value is -2.36. The highest BCUT2D eigenvalue weighted by atomic mass is 16.5. The van der Waals surface area contributed by atoms with Crippen LogP contribution < -0.4 is 10.1 Å². The number of benzene rings is 1. The molecule has 3 rings (SSSR count). The number of aromatic nitrogens is 1. The lowest BCUT2D eigenvalue weighted by Crippen LogP contribution is -2.35.